The molecule has 1 aromatic rings. The van der Waals surface area contributed by atoms with E-state index in [9.17, 15) is 0 Å². The van der Waals surface area contributed by atoms with Crippen molar-refractivity contribution in [2.24, 2.45) is 5.73 Å². The first-order chi connectivity index (χ1) is 8.16. The number of aryl methyl sites for hydroxylation is 2. The Bertz CT molecular complexity index is 364. The number of rotatable bonds is 4. The first kappa shape index (κ1) is 15.3. The molecule has 0 saturated carbocycles. The number of hydrogen-bond donors (Lipinski definition) is 1. The lowest BCUT2D eigenvalue weighted by molar-refractivity contribution is 0.234. The SMILES string of the molecule is Cc1cccc(C)c1OCCN1CCC(N)C1.Cl. The minimum absolute atomic E-state index is 0. The van der Waals surface area contributed by atoms with Crippen LogP contribution in [0.15, 0.2) is 18.2 Å². The molecule has 0 aromatic heterocycles. The van der Waals surface area contributed by atoms with Gasteiger partial charge in [0.15, 0.2) is 0 Å². The van der Waals surface area contributed by atoms with Gasteiger partial charge in [0.25, 0.3) is 0 Å². The van der Waals surface area contributed by atoms with Crippen molar-refractivity contribution in [2.45, 2.75) is 26.3 Å². The van der Waals surface area contributed by atoms with Gasteiger partial charge in [0.1, 0.15) is 12.4 Å². The van der Waals surface area contributed by atoms with Crippen LogP contribution in [0.2, 0.25) is 0 Å². The molecular weight excluding hydrogens is 248 g/mol. The number of hydrogen-bond acceptors (Lipinski definition) is 3. The smallest absolute Gasteiger partial charge is 0.125 e. The lowest BCUT2D eigenvalue weighted by Crippen LogP contribution is -2.29. The van der Waals surface area contributed by atoms with Gasteiger partial charge in [0.05, 0.1) is 0 Å². The molecule has 1 unspecified atom stereocenters. The minimum Gasteiger partial charge on any atom is -0.492 e. The molecule has 0 radical (unpaired) electrons. The van der Waals surface area contributed by atoms with Crippen molar-refractivity contribution in [1.82, 2.24) is 4.90 Å². The van der Waals surface area contributed by atoms with Gasteiger partial charge < -0.3 is 10.5 Å². The van der Waals surface area contributed by atoms with Gasteiger partial charge >= 0.3 is 0 Å². The molecule has 0 spiro atoms. The number of nitrogens with two attached hydrogens (primary N) is 1. The highest BCUT2D eigenvalue weighted by Gasteiger charge is 2.18. The largest absolute Gasteiger partial charge is 0.492 e. The molecule has 1 aliphatic rings. The van der Waals surface area contributed by atoms with Gasteiger partial charge in [-0.05, 0) is 37.9 Å². The maximum Gasteiger partial charge on any atom is 0.125 e. The van der Waals surface area contributed by atoms with Crippen molar-refractivity contribution in [3.8, 4) is 5.75 Å². The molecule has 1 atom stereocenters. The second-order valence-electron chi connectivity index (χ2n) is 4.92. The third-order valence-electron chi connectivity index (χ3n) is 3.37. The zero-order valence-corrected chi connectivity index (χ0v) is 12.0. The molecule has 0 aliphatic carbocycles. The van der Waals surface area contributed by atoms with E-state index in [4.69, 9.17) is 10.5 Å². The van der Waals surface area contributed by atoms with Crippen LogP contribution in [0.25, 0.3) is 0 Å². The Morgan fingerprint density at radius 1 is 1.33 bits per heavy atom. The molecule has 0 amide bonds. The lowest BCUT2D eigenvalue weighted by Gasteiger charge is -2.17. The van der Waals surface area contributed by atoms with E-state index in [-0.39, 0.29) is 12.4 Å². The highest BCUT2D eigenvalue weighted by atomic mass is 35.5. The summed E-state index contributed by atoms with van der Waals surface area (Å²) in [4.78, 5) is 2.37. The molecule has 4 heteroatoms. The number of likely N-dealkylation sites (tertiary alicyclic amines) is 1. The van der Waals surface area contributed by atoms with Crippen LogP contribution in [-0.2, 0) is 0 Å². The van der Waals surface area contributed by atoms with Crippen molar-refractivity contribution in [1.29, 1.82) is 0 Å². The summed E-state index contributed by atoms with van der Waals surface area (Å²) in [6.07, 6.45) is 1.11. The summed E-state index contributed by atoms with van der Waals surface area (Å²) in [6.45, 7) is 8.02. The number of nitrogens with zero attached hydrogens (tertiary/aromatic N) is 1. The highest BCUT2D eigenvalue weighted by molar-refractivity contribution is 5.85. The van der Waals surface area contributed by atoms with Gasteiger partial charge in [-0.1, -0.05) is 18.2 Å². The molecule has 2 N–H and O–H groups in total. The topological polar surface area (TPSA) is 38.5 Å². The van der Waals surface area contributed by atoms with Crippen LogP contribution in [0.3, 0.4) is 0 Å². The van der Waals surface area contributed by atoms with Crippen molar-refractivity contribution < 1.29 is 4.74 Å². The van der Waals surface area contributed by atoms with Gasteiger partial charge in [-0.3, -0.25) is 4.90 Å². The number of benzene rings is 1. The summed E-state index contributed by atoms with van der Waals surface area (Å²) >= 11 is 0. The second kappa shape index (κ2) is 6.98. The minimum atomic E-state index is 0. The molecule has 1 saturated heterocycles. The molecule has 18 heavy (non-hydrogen) atoms. The van der Waals surface area contributed by atoms with Crippen molar-refractivity contribution in [3.63, 3.8) is 0 Å². The first-order valence-electron chi connectivity index (χ1n) is 6.34. The fourth-order valence-corrected chi connectivity index (χ4v) is 2.37. The average Bonchev–Trinajstić information content (AvgIpc) is 2.69. The van der Waals surface area contributed by atoms with Crippen molar-refractivity contribution >= 4 is 12.4 Å². The summed E-state index contributed by atoms with van der Waals surface area (Å²) in [5.41, 5.74) is 8.30. The van der Waals surface area contributed by atoms with Crippen molar-refractivity contribution in [3.05, 3.63) is 29.3 Å². The maximum atomic E-state index is 5.88. The molecule has 1 aromatic carbocycles. The van der Waals surface area contributed by atoms with Crippen LogP contribution >= 0.6 is 12.4 Å². The van der Waals surface area contributed by atoms with E-state index in [0.717, 1.165) is 38.4 Å². The van der Waals surface area contributed by atoms with Crippen LogP contribution in [0.4, 0.5) is 0 Å². The summed E-state index contributed by atoms with van der Waals surface area (Å²) in [5, 5.41) is 0. The predicted molar refractivity (Wildman–Crippen MR) is 77.7 cm³/mol. The summed E-state index contributed by atoms with van der Waals surface area (Å²) in [6, 6.07) is 6.61. The second-order valence-corrected chi connectivity index (χ2v) is 4.92. The summed E-state index contributed by atoms with van der Waals surface area (Å²) in [7, 11) is 0. The van der Waals surface area contributed by atoms with Crippen LogP contribution in [0, 0.1) is 13.8 Å². The van der Waals surface area contributed by atoms with E-state index < -0.39 is 0 Å². The van der Waals surface area contributed by atoms with Gasteiger partial charge in [0.2, 0.25) is 0 Å². The molecular formula is C14H23ClN2O. The zero-order chi connectivity index (χ0) is 12.3. The van der Waals surface area contributed by atoms with Crippen LogP contribution < -0.4 is 10.5 Å². The third kappa shape index (κ3) is 3.87. The Balaban J connectivity index is 0.00000162. The Morgan fingerprint density at radius 2 is 2.00 bits per heavy atom. The highest BCUT2D eigenvalue weighted by Crippen LogP contribution is 2.22. The fraction of sp³-hybridized carbons (Fsp3) is 0.571. The number of ether oxygens (including phenoxy) is 1. The number of para-hydroxylation sites is 1. The summed E-state index contributed by atoms with van der Waals surface area (Å²) < 4.78 is 5.88. The monoisotopic (exact) mass is 270 g/mol. The maximum absolute atomic E-state index is 5.88. The Kier molecular flexibility index (Phi) is 5.93. The first-order valence-corrected chi connectivity index (χ1v) is 6.34. The molecule has 0 bridgehead atoms. The third-order valence-corrected chi connectivity index (χ3v) is 3.37. The van der Waals surface area contributed by atoms with Crippen LogP contribution in [-0.4, -0.2) is 37.2 Å². The van der Waals surface area contributed by atoms with Crippen molar-refractivity contribution in [2.75, 3.05) is 26.2 Å². The van der Waals surface area contributed by atoms with Gasteiger partial charge in [-0.2, -0.15) is 0 Å². The Hall–Kier alpha value is -0.770. The molecule has 1 aliphatic heterocycles. The van der Waals surface area contributed by atoms with E-state index >= 15 is 0 Å². The quantitative estimate of drug-likeness (QED) is 0.911. The zero-order valence-electron chi connectivity index (χ0n) is 11.2. The van der Waals surface area contributed by atoms with Gasteiger partial charge in [0, 0.05) is 19.1 Å². The predicted octanol–water partition coefficient (Wildman–Crippen LogP) is 2.14. The average molecular weight is 271 g/mol. The molecule has 2 rings (SSSR count). The van der Waals surface area contributed by atoms with Gasteiger partial charge in [-0.15, -0.1) is 12.4 Å². The standard InChI is InChI=1S/C14H22N2O.ClH/c1-11-4-3-5-12(2)14(11)17-9-8-16-7-6-13(15)10-16;/h3-5,13H,6-10,15H2,1-2H3;1H. The molecule has 1 fully saturated rings. The molecule has 3 nitrogen and oxygen atoms in total. The van der Waals surface area contributed by atoms with Crippen LogP contribution in [0.1, 0.15) is 17.5 Å². The van der Waals surface area contributed by atoms with E-state index in [2.05, 4.69) is 36.9 Å². The normalized spacial score (nSPS) is 19.6. The van der Waals surface area contributed by atoms with E-state index in [0.29, 0.717) is 6.04 Å². The van der Waals surface area contributed by atoms with E-state index in [1.54, 1.807) is 0 Å². The Morgan fingerprint density at radius 3 is 2.56 bits per heavy atom. The van der Waals surface area contributed by atoms with E-state index in [1.165, 1.54) is 11.1 Å². The fourth-order valence-electron chi connectivity index (χ4n) is 2.37. The Labute approximate surface area is 116 Å². The van der Waals surface area contributed by atoms with Crippen LogP contribution in [0.5, 0.6) is 5.75 Å². The lowest BCUT2D eigenvalue weighted by atomic mass is 10.1. The van der Waals surface area contributed by atoms with E-state index in [1.807, 2.05) is 0 Å². The molecule has 1 heterocycles. The summed E-state index contributed by atoms with van der Waals surface area (Å²) in [5.74, 6) is 1.04. The molecule has 102 valence electrons. The van der Waals surface area contributed by atoms with Gasteiger partial charge in [-0.25, -0.2) is 0 Å². The number of halogens is 1.